The van der Waals surface area contributed by atoms with Crippen LogP contribution in [0.5, 0.6) is 0 Å². The van der Waals surface area contributed by atoms with Gasteiger partial charge in [-0.3, -0.25) is 5.32 Å². The van der Waals surface area contributed by atoms with Gasteiger partial charge in [0.1, 0.15) is 12.1 Å². The fourth-order valence-corrected chi connectivity index (χ4v) is 2.04. The first-order valence-corrected chi connectivity index (χ1v) is 6.82. The first-order valence-electron chi connectivity index (χ1n) is 6.41. The molecule has 3 rings (SSSR count). The Morgan fingerprint density at radius 2 is 2.20 bits per heavy atom. The Bertz CT molecular complexity index is 623. The standard InChI is InChI=1S/C13H14FN5S/c14-11-4-2-1-3-9(11)7-19-8-15-12(18-19)17-13(20)16-10-5-6-10/h1-4,8,10H,5-7H2,(H2,16,17,18,20). The van der Waals surface area contributed by atoms with E-state index < -0.39 is 0 Å². The van der Waals surface area contributed by atoms with Crippen LogP contribution in [-0.2, 0) is 6.54 Å². The molecule has 20 heavy (non-hydrogen) atoms. The van der Waals surface area contributed by atoms with Gasteiger partial charge in [0.2, 0.25) is 5.95 Å². The summed E-state index contributed by atoms with van der Waals surface area (Å²) in [7, 11) is 0. The summed E-state index contributed by atoms with van der Waals surface area (Å²) < 4.78 is 15.1. The second-order valence-electron chi connectivity index (χ2n) is 4.73. The van der Waals surface area contributed by atoms with Gasteiger partial charge in [-0.05, 0) is 31.1 Å². The van der Waals surface area contributed by atoms with E-state index in [9.17, 15) is 4.39 Å². The maximum atomic E-state index is 13.5. The first-order chi connectivity index (χ1) is 9.70. The molecule has 0 aliphatic heterocycles. The van der Waals surface area contributed by atoms with Crippen LogP contribution < -0.4 is 10.6 Å². The lowest BCUT2D eigenvalue weighted by Crippen LogP contribution is -2.30. The molecule has 1 fully saturated rings. The van der Waals surface area contributed by atoms with Crippen molar-refractivity contribution in [2.45, 2.75) is 25.4 Å². The van der Waals surface area contributed by atoms with Gasteiger partial charge in [0.05, 0.1) is 6.54 Å². The van der Waals surface area contributed by atoms with Crippen molar-refractivity contribution in [1.82, 2.24) is 20.1 Å². The van der Waals surface area contributed by atoms with E-state index in [4.69, 9.17) is 12.2 Å². The minimum absolute atomic E-state index is 0.247. The summed E-state index contributed by atoms with van der Waals surface area (Å²) in [6.45, 7) is 0.337. The number of thiocarbonyl (C=S) groups is 1. The minimum atomic E-state index is -0.247. The fourth-order valence-electron chi connectivity index (χ4n) is 1.78. The topological polar surface area (TPSA) is 54.8 Å². The second kappa shape index (κ2) is 5.54. The highest BCUT2D eigenvalue weighted by Gasteiger charge is 2.22. The van der Waals surface area contributed by atoms with Crippen LogP contribution >= 0.6 is 12.2 Å². The van der Waals surface area contributed by atoms with Crippen LogP contribution in [0.3, 0.4) is 0 Å². The Morgan fingerprint density at radius 1 is 1.40 bits per heavy atom. The molecular weight excluding hydrogens is 277 g/mol. The largest absolute Gasteiger partial charge is 0.360 e. The maximum absolute atomic E-state index is 13.5. The number of rotatable bonds is 4. The van der Waals surface area contributed by atoms with Crippen molar-refractivity contribution in [3.8, 4) is 0 Å². The van der Waals surface area contributed by atoms with E-state index in [1.165, 1.54) is 6.07 Å². The molecule has 5 nitrogen and oxygen atoms in total. The Balaban J connectivity index is 1.61. The first kappa shape index (κ1) is 13.0. The van der Waals surface area contributed by atoms with Crippen LogP contribution in [0.15, 0.2) is 30.6 Å². The number of anilines is 1. The van der Waals surface area contributed by atoms with Gasteiger partial charge >= 0.3 is 0 Å². The molecule has 0 atom stereocenters. The van der Waals surface area contributed by atoms with Crippen molar-refractivity contribution >= 4 is 23.3 Å². The third kappa shape index (κ3) is 3.30. The smallest absolute Gasteiger partial charge is 0.248 e. The lowest BCUT2D eigenvalue weighted by molar-refractivity contribution is 0.585. The molecule has 1 saturated carbocycles. The quantitative estimate of drug-likeness (QED) is 0.843. The van der Waals surface area contributed by atoms with Crippen molar-refractivity contribution in [2.24, 2.45) is 0 Å². The highest BCUT2D eigenvalue weighted by Crippen LogP contribution is 2.18. The number of nitrogens with one attached hydrogen (secondary N) is 2. The Labute approximate surface area is 121 Å². The van der Waals surface area contributed by atoms with Crippen LogP contribution in [0.2, 0.25) is 0 Å². The number of hydrogen-bond donors (Lipinski definition) is 2. The van der Waals surface area contributed by atoms with E-state index >= 15 is 0 Å². The summed E-state index contributed by atoms with van der Waals surface area (Å²) in [4.78, 5) is 4.10. The van der Waals surface area contributed by atoms with Gasteiger partial charge in [0.25, 0.3) is 0 Å². The van der Waals surface area contributed by atoms with Gasteiger partial charge in [-0.15, -0.1) is 5.10 Å². The van der Waals surface area contributed by atoms with E-state index in [-0.39, 0.29) is 5.82 Å². The predicted molar refractivity (Wildman–Crippen MR) is 77.9 cm³/mol. The SMILES string of the molecule is Fc1ccccc1Cn1cnc(NC(=S)NC2CC2)n1. The Morgan fingerprint density at radius 3 is 2.95 bits per heavy atom. The molecule has 1 heterocycles. The van der Waals surface area contributed by atoms with E-state index in [0.717, 1.165) is 12.8 Å². The van der Waals surface area contributed by atoms with Gasteiger partial charge in [-0.2, -0.15) is 0 Å². The monoisotopic (exact) mass is 291 g/mol. The molecule has 2 aromatic rings. The maximum Gasteiger partial charge on any atom is 0.248 e. The molecule has 0 saturated heterocycles. The third-order valence-electron chi connectivity index (χ3n) is 2.96. The molecule has 1 aliphatic rings. The van der Waals surface area contributed by atoms with Gasteiger partial charge in [-0.1, -0.05) is 18.2 Å². The van der Waals surface area contributed by atoms with Crippen LogP contribution in [0.25, 0.3) is 0 Å². The zero-order valence-corrected chi connectivity index (χ0v) is 11.5. The van der Waals surface area contributed by atoms with Crippen molar-refractivity contribution < 1.29 is 4.39 Å². The van der Waals surface area contributed by atoms with Gasteiger partial charge < -0.3 is 5.32 Å². The highest BCUT2D eigenvalue weighted by molar-refractivity contribution is 7.80. The van der Waals surface area contributed by atoms with E-state index in [0.29, 0.717) is 29.2 Å². The minimum Gasteiger partial charge on any atom is -0.360 e. The molecule has 1 aliphatic carbocycles. The van der Waals surface area contributed by atoms with Crippen LogP contribution in [0, 0.1) is 5.82 Å². The normalized spacial score (nSPS) is 14.1. The van der Waals surface area contributed by atoms with Crippen LogP contribution in [0.4, 0.5) is 10.3 Å². The van der Waals surface area contributed by atoms with E-state index in [1.54, 1.807) is 29.2 Å². The summed E-state index contributed by atoms with van der Waals surface area (Å²) in [6.07, 6.45) is 3.85. The molecule has 1 aromatic heterocycles. The van der Waals surface area contributed by atoms with Crippen LogP contribution in [-0.4, -0.2) is 25.9 Å². The molecule has 7 heteroatoms. The molecule has 0 radical (unpaired) electrons. The molecule has 0 unspecified atom stereocenters. The third-order valence-corrected chi connectivity index (χ3v) is 3.18. The van der Waals surface area contributed by atoms with Crippen molar-refractivity contribution in [1.29, 1.82) is 0 Å². The van der Waals surface area contributed by atoms with Crippen LogP contribution in [0.1, 0.15) is 18.4 Å². The number of benzene rings is 1. The van der Waals surface area contributed by atoms with Crippen molar-refractivity contribution in [3.05, 3.63) is 42.0 Å². The number of halogens is 1. The van der Waals surface area contributed by atoms with Crippen molar-refractivity contribution in [3.63, 3.8) is 0 Å². The van der Waals surface area contributed by atoms with E-state index in [2.05, 4.69) is 20.7 Å². The van der Waals surface area contributed by atoms with Gasteiger partial charge in [0, 0.05) is 11.6 Å². The average Bonchev–Trinajstić information content (AvgIpc) is 3.12. The molecular formula is C13H14FN5S. The van der Waals surface area contributed by atoms with Crippen molar-refractivity contribution in [2.75, 3.05) is 5.32 Å². The molecule has 0 bridgehead atoms. The van der Waals surface area contributed by atoms with Gasteiger partial charge in [0.15, 0.2) is 5.11 Å². The molecule has 2 N–H and O–H groups in total. The molecule has 0 amide bonds. The summed E-state index contributed by atoms with van der Waals surface area (Å²) in [6, 6.07) is 7.09. The van der Waals surface area contributed by atoms with E-state index in [1.807, 2.05) is 0 Å². The number of nitrogens with zero attached hydrogens (tertiary/aromatic N) is 3. The number of aromatic nitrogens is 3. The molecule has 1 aromatic carbocycles. The zero-order valence-electron chi connectivity index (χ0n) is 10.7. The summed E-state index contributed by atoms with van der Waals surface area (Å²) in [5, 5.41) is 10.8. The molecule has 0 spiro atoms. The highest BCUT2D eigenvalue weighted by atomic mass is 32.1. The summed E-state index contributed by atoms with van der Waals surface area (Å²) >= 11 is 5.14. The zero-order chi connectivity index (χ0) is 13.9. The lowest BCUT2D eigenvalue weighted by atomic mass is 10.2. The summed E-state index contributed by atoms with van der Waals surface area (Å²) in [5.74, 6) is 0.169. The predicted octanol–water partition coefficient (Wildman–Crippen LogP) is 1.91. The second-order valence-corrected chi connectivity index (χ2v) is 5.14. The fraction of sp³-hybridized carbons (Fsp3) is 0.308. The van der Waals surface area contributed by atoms with Gasteiger partial charge in [-0.25, -0.2) is 14.1 Å². The lowest BCUT2D eigenvalue weighted by Gasteiger charge is -2.05. The Hall–Kier alpha value is -2.02. The molecule has 104 valence electrons. The Kier molecular flexibility index (Phi) is 3.60. The number of hydrogen-bond acceptors (Lipinski definition) is 3. The summed E-state index contributed by atoms with van der Waals surface area (Å²) in [5.41, 5.74) is 0.572. The average molecular weight is 291 g/mol.